The van der Waals surface area contributed by atoms with Gasteiger partial charge < -0.3 is 14.4 Å². The van der Waals surface area contributed by atoms with E-state index < -0.39 is 0 Å². The first-order valence-electron chi connectivity index (χ1n) is 7.10. The van der Waals surface area contributed by atoms with Crippen molar-refractivity contribution in [2.75, 3.05) is 20.3 Å². The van der Waals surface area contributed by atoms with Gasteiger partial charge >= 0.3 is 5.97 Å². The summed E-state index contributed by atoms with van der Waals surface area (Å²) in [4.78, 5) is 25.8. The van der Waals surface area contributed by atoms with Gasteiger partial charge in [-0.15, -0.1) is 0 Å². The van der Waals surface area contributed by atoms with Gasteiger partial charge in [0, 0.05) is 6.04 Å². The van der Waals surface area contributed by atoms with Gasteiger partial charge in [0.15, 0.2) is 0 Å². The normalized spacial score (nSPS) is 27.5. The summed E-state index contributed by atoms with van der Waals surface area (Å²) in [6, 6.07) is 0.197. The van der Waals surface area contributed by atoms with E-state index in [0.717, 1.165) is 32.1 Å². The van der Waals surface area contributed by atoms with Gasteiger partial charge in [-0.25, -0.2) is 0 Å². The number of carbonyl (C=O) groups excluding carboxylic acids is 2. The van der Waals surface area contributed by atoms with Crippen molar-refractivity contribution >= 4 is 11.9 Å². The van der Waals surface area contributed by atoms with Crippen molar-refractivity contribution in [2.24, 2.45) is 5.92 Å². The zero-order valence-corrected chi connectivity index (χ0v) is 11.8. The van der Waals surface area contributed by atoms with E-state index in [1.807, 2.05) is 6.92 Å². The predicted octanol–water partition coefficient (Wildman–Crippen LogP) is 1.36. The predicted molar refractivity (Wildman–Crippen MR) is 69.5 cm³/mol. The highest BCUT2D eigenvalue weighted by molar-refractivity contribution is 5.84. The molecule has 2 rings (SSSR count). The summed E-state index contributed by atoms with van der Waals surface area (Å²) in [5, 5.41) is 0. The van der Waals surface area contributed by atoms with Crippen molar-refractivity contribution in [3.05, 3.63) is 0 Å². The van der Waals surface area contributed by atoms with Gasteiger partial charge in [0.2, 0.25) is 5.91 Å². The Balaban J connectivity index is 2.02. The average Bonchev–Trinajstić information content (AvgIpc) is 3.05. The molecule has 1 aliphatic heterocycles. The molecule has 108 valence electrons. The molecule has 1 saturated heterocycles. The van der Waals surface area contributed by atoms with Crippen LogP contribution in [0.15, 0.2) is 0 Å². The van der Waals surface area contributed by atoms with Gasteiger partial charge in [0.1, 0.15) is 6.54 Å². The Morgan fingerprint density at radius 2 is 2.00 bits per heavy atom. The van der Waals surface area contributed by atoms with E-state index in [4.69, 9.17) is 9.47 Å². The van der Waals surface area contributed by atoms with Gasteiger partial charge in [0.05, 0.1) is 25.7 Å². The molecular weight excluding hydrogens is 246 g/mol. The van der Waals surface area contributed by atoms with Crippen molar-refractivity contribution in [3.63, 3.8) is 0 Å². The fourth-order valence-corrected chi connectivity index (χ4v) is 3.03. The van der Waals surface area contributed by atoms with Crippen LogP contribution in [0.25, 0.3) is 0 Å². The number of nitrogens with zero attached hydrogens (tertiary/aromatic N) is 1. The summed E-state index contributed by atoms with van der Waals surface area (Å²) in [5.74, 6) is -0.380. The molecule has 0 aromatic rings. The highest BCUT2D eigenvalue weighted by Crippen LogP contribution is 2.28. The molecule has 2 atom stereocenters. The molecule has 2 aliphatic rings. The van der Waals surface area contributed by atoms with Crippen molar-refractivity contribution < 1.29 is 19.1 Å². The zero-order valence-electron chi connectivity index (χ0n) is 11.8. The van der Waals surface area contributed by atoms with Crippen molar-refractivity contribution in [3.8, 4) is 0 Å². The van der Waals surface area contributed by atoms with E-state index in [1.165, 1.54) is 7.11 Å². The summed E-state index contributed by atoms with van der Waals surface area (Å²) in [6.45, 7) is 2.53. The van der Waals surface area contributed by atoms with Crippen LogP contribution in [0.3, 0.4) is 0 Å². The van der Waals surface area contributed by atoms with Crippen LogP contribution in [-0.4, -0.2) is 49.2 Å². The third-order valence-corrected chi connectivity index (χ3v) is 4.12. The van der Waals surface area contributed by atoms with Crippen LogP contribution in [0, 0.1) is 5.92 Å². The molecule has 1 heterocycles. The van der Waals surface area contributed by atoms with Crippen LogP contribution in [0.5, 0.6) is 0 Å². The second-order valence-corrected chi connectivity index (χ2v) is 5.56. The fraction of sp³-hybridized carbons (Fsp3) is 0.857. The van der Waals surface area contributed by atoms with Gasteiger partial charge in [-0.1, -0.05) is 12.8 Å². The summed E-state index contributed by atoms with van der Waals surface area (Å²) in [5.41, 5.74) is 0. The Hall–Kier alpha value is -1.10. The maximum absolute atomic E-state index is 12.6. The average molecular weight is 269 g/mol. The smallest absolute Gasteiger partial charge is 0.325 e. The first kappa shape index (κ1) is 14.3. The van der Waals surface area contributed by atoms with Crippen LogP contribution in [0.2, 0.25) is 0 Å². The van der Waals surface area contributed by atoms with Crippen LogP contribution in [0.4, 0.5) is 0 Å². The lowest BCUT2D eigenvalue weighted by atomic mass is 10.0. The second kappa shape index (κ2) is 6.37. The molecule has 0 spiro atoms. The Morgan fingerprint density at radius 3 is 2.53 bits per heavy atom. The lowest BCUT2D eigenvalue weighted by molar-refractivity contribution is -0.150. The van der Waals surface area contributed by atoms with E-state index in [-0.39, 0.29) is 36.5 Å². The van der Waals surface area contributed by atoms with Crippen LogP contribution >= 0.6 is 0 Å². The molecule has 2 unspecified atom stereocenters. The highest BCUT2D eigenvalue weighted by atomic mass is 16.5. The zero-order chi connectivity index (χ0) is 13.8. The number of hydrogen-bond donors (Lipinski definition) is 0. The van der Waals surface area contributed by atoms with Crippen LogP contribution < -0.4 is 0 Å². The third-order valence-electron chi connectivity index (χ3n) is 4.12. The van der Waals surface area contributed by atoms with Crippen molar-refractivity contribution in [2.45, 2.75) is 51.2 Å². The third kappa shape index (κ3) is 3.47. The minimum absolute atomic E-state index is 0.0571. The lowest BCUT2D eigenvalue weighted by Gasteiger charge is -2.30. The number of carbonyl (C=O) groups is 2. The first-order valence-corrected chi connectivity index (χ1v) is 7.10. The minimum atomic E-state index is -0.341. The van der Waals surface area contributed by atoms with E-state index in [2.05, 4.69) is 0 Å². The number of esters is 1. The van der Waals surface area contributed by atoms with E-state index in [0.29, 0.717) is 6.61 Å². The fourth-order valence-electron chi connectivity index (χ4n) is 3.03. The van der Waals surface area contributed by atoms with Crippen molar-refractivity contribution in [1.29, 1.82) is 0 Å². The number of ether oxygens (including phenoxy) is 2. The molecule has 0 N–H and O–H groups in total. The molecule has 1 saturated carbocycles. The quantitative estimate of drug-likeness (QED) is 0.723. The number of methoxy groups -OCH3 is 1. The molecule has 1 aliphatic carbocycles. The monoisotopic (exact) mass is 269 g/mol. The maximum Gasteiger partial charge on any atom is 0.325 e. The molecule has 0 radical (unpaired) electrons. The van der Waals surface area contributed by atoms with Gasteiger partial charge in [-0.2, -0.15) is 0 Å². The number of amides is 1. The summed E-state index contributed by atoms with van der Waals surface area (Å²) < 4.78 is 10.2. The standard InChI is InChI=1S/C14H23NO4/c1-10-7-11(9-19-10)14(17)15(8-13(16)18-2)12-5-3-4-6-12/h10-12H,3-9H2,1-2H3. The van der Waals surface area contributed by atoms with Gasteiger partial charge in [-0.3, -0.25) is 9.59 Å². The SMILES string of the molecule is COC(=O)CN(C(=O)C1COC(C)C1)C1CCCC1. The molecule has 0 aromatic heterocycles. The molecule has 5 heteroatoms. The Labute approximate surface area is 114 Å². The lowest BCUT2D eigenvalue weighted by Crippen LogP contribution is -2.45. The maximum atomic E-state index is 12.6. The molecule has 1 amide bonds. The minimum Gasteiger partial charge on any atom is -0.468 e. The summed E-state index contributed by atoms with van der Waals surface area (Å²) in [6.07, 6.45) is 5.14. The first-order chi connectivity index (χ1) is 9.11. The summed E-state index contributed by atoms with van der Waals surface area (Å²) >= 11 is 0. The largest absolute Gasteiger partial charge is 0.468 e. The molecule has 0 bridgehead atoms. The van der Waals surface area contributed by atoms with E-state index >= 15 is 0 Å². The topological polar surface area (TPSA) is 55.8 Å². The van der Waals surface area contributed by atoms with Gasteiger partial charge in [-0.05, 0) is 26.2 Å². The van der Waals surface area contributed by atoms with Crippen LogP contribution in [-0.2, 0) is 19.1 Å². The second-order valence-electron chi connectivity index (χ2n) is 5.56. The Kier molecular flexibility index (Phi) is 4.80. The van der Waals surface area contributed by atoms with E-state index in [1.54, 1.807) is 4.90 Å². The summed E-state index contributed by atoms with van der Waals surface area (Å²) in [7, 11) is 1.36. The Bertz CT molecular complexity index is 338. The highest BCUT2D eigenvalue weighted by Gasteiger charge is 2.36. The van der Waals surface area contributed by atoms with Crippen LogP contribution in [0.1, 0.15) is 39.0 Å². The molecule has 19 heavy (non-hydrogen) atoms. The van der Waals surface area contributed by atoms with Crippen molar-refractivity contribution in [1.82, 2.24) is 4.90 Å². The molecule has 0 aromatic carbocycles. The van der Waals surface area contributed by atoms with E-state index in [9.17, 15) is 9.59 Å². The van der Waals surface area contributed by atoms with Gasteiger partial charge in [0.25, 0.3) is 0 Å². The molecular formula is C14H23NO4. The molecule has 2 fully saturated rings. The number of hydrogen-bond acceptors (Lipinski definition) is 4. The molecule has 5 nitrogen and oxygen atoms in total. The number of rotatable bonds is 4. The Morgan fingerprint density at radius 1 is 1.32 bits per heavy atom.